The van der Waals surface area contributed by atoms with E-state index in [0.717, 1.165) is 12.1 Å². The highest BCUT2D eigenvalue weighted by Crippen LogP contribution is 2.16. The molecule has 0 bridgehead atoms. The van der Waals surface area contributed by atoms with Gasteiger partial charge in [-0.15, -0.1) is 0 Å². The van der Waals surface area contributed by atoms with E-state index in [-0.39, 0.29) is 0 Å². The number of pyridine rings is 1. The first-order valence-corrected chi connectivity index (χ1v) is 5.18. The van der Waals surface area contributed by atoms with Gasteiger partial charge >= 0.3 is 0 Å². The van der Waals surface area contributed by atoms with E-state index in [4.69, 9.17) is 4.74 Å². The highest BCUT2D eigenvalue weighted by atomic mass is 16.5. The number of hydrogen-bond donors (Lipinski definition) is 2. The van der Waals surface area contributed by atoms with Gasteiger partial charge < -0.3 is 15.2 Å². The molecule has 1 aromatic heterocycles. The second-order valence-electron chi connectivity index (χ2n) is 3.99. The van der Waals surface area contributed by atoms with Gasteiger partial charge in [-0.3, -0.25) is 4.98 Å². The summed E-state index contributed by atoms with van der Waals surface area (Å²) in [6.07, 6.45) is 4.29. The Kier molecular flexibility index (Phi) is 3.30. The average Bonchev–Trinajstić information content (AvgIpc) is 2.67. The van der Waals surface area contributed by atoms with Crippen LogP contribution in [0.1, 0.15) is 12.0 Å². The number of rotatable bonds is 4. The van der Waals surface area contributed by atoms with Crippen molar-refractivity contribution < 1.29 is 9.84 Å². The van der Waals surface area contributed by atoms with Crippen molar-refractivity contribution in [1.29, 1.82) is 0 Å². The van der Waals surface area contributed by atoms with Crippen LogP contribution in [-0.4, -0.2) is 35.5 Å². The molecule has 0 aliphatic carbocycles. The van der Waals surface area contributed by atoms with E-state index in [9.17, 15) is 5.11 Å². The summed E-state index contributed by atoms with van der Waals surface area (Å²) in [5.74, 6) is 0. The first-order chi connectivity index (χ1) is 7.29. The summed E-state index contributed by atoms with van der Waals surface area (Å²) in [6.45, 7) is 2.40. The Morgan fingerprint density at radius 2 is 2.53 bits per heavy atom. The first kappa shape index (κ1) is 10.5. The van der Waals surface area contributed by atoms with Crippen LogP contribution in [0.3, 0.4) is 0 Å². The lowest BCUT2D eigenvalue weighted by atomic mass is 10.0. The van der Waals surface area contributed by atoms with Crippen LogP contribution in [0.15, 0.2) is 24.5 Å². The van der Waals surface area contributed by atoms with Crippen molar-refractivity contribution in [2.24, 2.45) is 0 Å². The summed E-state index contributed by atoms with van der Waals surface area (Å²) in [6, 6.07) is 3.92. The summed E-state index contributed by atoms with van der Waals surface area (Å²) in [4.78, 5) is 4.03. The average molecular weight is 208 g/mol. The molecule has 4 nitrogen and oxygen atoms in total. The van der Waals surface area contributed by atoms with Gasteiger partial charge in [0, 0.05) is 38.5 Å². The van der Waals surface area contributed by atoms with Gasteiger partial charge in [0.2, 0.25) is 0 Å². The molecule has 15 heavy (non-hydrogen) atoms. The molecule has 4 heteroatoms. The summed E-state index contributed by atoms with van der Waals surface area (Å²) < 4.78 is 5.16. The number of nitrogens with one attached hydrogen (secondary N) is 1. The lowest BCUT2D eigenvalue weighted by molar-refractivity contribution is 0.0268. The predicted octanol–water partition coefficient (Wildman–Crippen LogP) is 0.323. The van der Waals surface area contributed by atoms with E-state index in [1.165, 1.54) is 0 Å². The topological polar surface area (TPSA) is 54.4 Å². The number of hydrogen-bond acceptors (Lipinski definition) is 4. The molecule has 2 rings (SSSR count). The van der Waals surface area contributed by atoms with Crippen molar-refractivity contribution in [1.82, 2.24) is 10.3 Å². The molecule has 0 spiro atoms. The Bertz CT molecular complexity index is 297. The third kappa shape index (κ3) is 2.99. The number of ether oxygens (including phenoxy) is 1. The van der Waals surface area contributed by atoms with E-state index in [1.807, 2.05) is 18.3 Å². The van der Waals surface area contributed by atoms with Crippen molar-refractivity contribution in [3.63, 3.8) is 0 Å². The minimum Gasteiger partial charge on any atom is -0.386 e. The molecule has 0 amide bonds. The van der Waals surface area contributed by atoms with Gasteiger partial charge in [0.05, 0.1) is 6.61 Å². The van der Waals surface area contributed by atoms with Crippen molar-refractivity contribution in [3.05, 3.63) is 30.1 Å². The van der Waals surface area contributed by atoms with Gasteiger partial charge in [-0.25, -0.2) is 0 Å². The van der Waals surface area contributed by atoms with Crippen molar-refractivity contribution >= 4 is 0 Å². The van der Waals surface area contributed by atoms with Gasteiger partial charge in [0.15, 0.2) is 0 Å². The van der Waals surface area contributed by atoms with Crippen LogP contribution in [0.4, 0.5) is 0 Å². The summed E-state index contributed by atoms with van der Waals surface area (Å²) >= 11 is 0. The third-order valence-electron chi connectivity index (χ3n) is 2.59. The Hall–Kier alpha value is -0.970. The van der Waals surface area contributed by atoms with E-state index in [1.54, 1.807) is 6.20 Å². The fourth-order valence-electron chi connectivity index (χ4n) is 1.68. The second-order valence-corrected chi connectivity index (χ2v) is 3.99. The lowest BCUT2D eigenvalue weighted by Gasteiger charge is -2.20. The molecule has 1 aliphatic rings. The normalized spacial score (nSPS) is 25.7. The molecule has 82 valence electrons. The van der Waals surface area contributed by atoms with Crippen molar-refractivity contribution in [3.8, 4) is 0 Å². The Morgan fingerprint density at radius 3 is 3.20 bits per heavy atom. The Balaban J connectivity index is 1.75. The summed E-state index contributed by atoms with van der Waals surface area (Å²) in [5.41, 5.74) is 0.447. The zero-order valence-corrected chi connectivity index (χ0v) is 8.65. The fourth-order valence-corrected chi connectivity index (χ4v) is 1.68. The molecular weight excluding hydrogens is 192 g/mol. The van der Waals surface area contributed by atoms with Crippen LogP contribution < -0.4 is 5.32 Å². The predicted molar refractivity (Wildman–Crippen MR) is 56.3 cm³/mol. The lowest BCUT2D eigenvalue weighted by Crippen LogP contribution is -2.40. The zero-order chi connectivity index (χ0) is 10.6. The Morgan fingerprint density at radius 1 is 1.60 bits per heavy atom. The van der Waals surface area contributed by atoms with Crippen molar-refractivity contribution in [2.45, 2.75) is 18.6 Å². The standard InChI is InChI=1S/C11H16N2O2/c14-11(3-5-15-9-11)8-13-7-10-2-1-4-12-6-10/h1-2,4,6,13-14H,3,5,7-9H2. The van der Waals surface area contributed by atoms with Gasteiger partial charge in [-0.2, -0.15) is 0 Å². The van der Waals surface area contributed by atoms with Gasteiger partial charge in [-0.1, -0.05) is 6.07 Å². The second kappa shape index (κ2) is 4.70. The maximum Gasteiger partial charge on any atom is 0.102 e. The molecule has 0 saturated carbocycles. The van der Waals surface area contributed by atoms with Crippen molar-refractivity contribution in [2.75, 3.05) is 19.8 Å². The molecule has 0 radical (unpaired) electrons. The molecule has 0 aromatic carbocycles. The van der Waals surface area contributed by atoms with Gasteiger partial charge in [-0.05, 0) is 11.6 Å². The minimum atomic E-state index is -0.678. The number of aliphatic hydroxyl groups is 1. The summed E-state index contributed by atoms with van der Waals surface area (Å²) in [5, 5.41) is 13.2. The molecule has 1 aromatic rings. The van der Waals surface area contributed by atoms with Crippen LogP contribution >= 0.6 is 0 Å². The maximum atomic E-state index is 9.97. The number of nitrogens with zero attached hydrogens (tertiary/aromatic N) is 1. The van der Waals surface area contributed by atoms with Crippen LogP contribution in [0.2, 0.25) is 0 Å². The monoisotopic (exact) mass is 208 g/mol. The van der Waals surface area contributed by atoms with E-state index >= 15 is 0 Å². The van der Waals surface area contributed by atoms with Gasteiger partial charge in [0.1, 0.15) is 5.60 Å². The molecule has 1 aliphatic heterocycles. The van der Waals surface area contributed by atoms with Gasteiger partial charge in [0.25, 0.3) is 0 Å². The van der Waals surface area contributed by atoms with Crippen LogP contribution in [0.25, 0.3) is 0 Å². The SMILES string of the molecule is OC1(CNCc2cccnc2)CCOC1. The van der Waals surface area contributed by atoms with Crippen LogP contribution in [0.5, 0.6) is 0 Å². The van der Waals surface area contributed by atoms with E-state index in [2.05, 4.69) is 10.3 Å². The third-order valence-corrected chi connectivity index (χ3v) is 2.59. The molecule has 2 N–H and O–H groups in total. The summed E-state index contributed by atoms with van der Waals surface area (Å²) in [7, 11) is 0. The minimum absolute atomic E-state index is 0.438. The van der Waals surface area contributed by atoms with Crippen LogP contribution in [0, 0.1) is 0 Å². The zero-order valence-electron chi connectivity index (χ0n) is 8.65. The van der Waals surface area contributed by atoms with E-state index in [0.29, 0.717) is 26.2 Å². The molecule has 1 saturated heterocycles. The molecule has 1 unspecified atom stereocenters. The molecule has 2 heterocycles. The Labute approximate surface area is 89.3 Å². The van der Waals surface area contributed by atoms with Crippen LogP contribution in [-0.2, 0) is 11.3 Å². The molecule has 1 atom stereocenters. The fraction of sp³-hybridized carbons (Fsp3) is 0.545. The number of aromatic nitrogens is 1. The molecule has 1 fully saturated rings. The highest BCUT2D eigenvalue weighted by Gasteiger charge is 2.31. The molecular formula is C11H16N2O2. The van der Waals surface area contributed by atoms with E-state index < -0.39 is 5.60 Å². The highest BCUT2D eigenvalue weighted by molar-refractivity contribution is 5.08. The first-order valence-electron chi connectivity index (χ1n) is 5.18. The maximum absolute atomic E-state index is 9.97. The largest absolute Gasteiger partial charge is 0.386 e. The smallest absolute Gasteiger partial charge is 0.102 e. The quantitative estimate of drug-likeness (QED) is 0.748.